The number of nitrogens with zero attached hydrogens (tertiary/aromatic N) is 2. The van der Waals surface area contributed by atoms with Crippen LogP contribution in [0.5, 0.6) is 0 Å². The van der Waals surface area contributed by atoms with Crippen LogP contribution in [0.1, 0.15) is 11.3 Å². The molecule has 4 heteroatoms. The largest absolute Gasteiger partial charge is 0.390 e. The molecule has 0 atom stereocenters. The molecule has 1 heterocycles. The lowest BCUT2D eigenvalue weighted by molar-refractivity contribution is 0.276. The number of anilines is 1. The molecule has 0 amide bonds. The van der Waals surface area contributed by atoms with Crippen LogP contribution in [0.3, 0.4) is 0 Å². The lowest BCUT2D eigenvalue weighted by Crippen LogP contribution is -2.01. The van der Waals surface area contributed by atoms with E-state index in [0.29, 0.717) is 11.6 Å². The van der Waals surface area contributed by atoms with Crippen LogP contribution in [-0.2, 0) is 6.61 Å². The number of hydrogen-bond donors (Lipinski definition) is 2. The maximum Gasteiger partial charge on any atom is 0.222 e. The topological polar surface area (TPSA) is 58.0 Å². The Balaban J connectivity index is 3.02. The predicted octanol–water partition coefficient (Wildman–Crippen LogP) is 0.319. The fourth-order valence-corrected chi connectivity index (χ4v) is 0.758. The lowest BCUT2D eigenvalue weighted by atomic mass is 10.3. The number of rotatable bonds is 2. The van der Waals surface area contributed by atoms with E-state index < -0.39 is 0 Å². The molecular formula is C7H11N3O. The van der Waals surface area contributed by atoms with Gasteiger partial charge in [0.1, 0.15) is 0 Å². The van der Waals surface area contributed by atoms with Gasteiger partial charge in [0.25, 0.3) is 0 Å². The van der Waals surface area contributed by atoms with E-state index in [2.05, 4.69) is 15.3 Å². The van der Waals surface area contributed by atoms with Crippen molar-refractivity contribution in [2.24, 2.45) is 0 Å². The molecule has 2 N–H and O–H groups in total. The summed E-state index contributed by atoms with van der Waals surface area (Å²) in [7, 11) is 1.74. The summed E-state index contributed by atoms with van der Waals surface area (Å²) in [5, 5.41) is 11.6. The van der Waals surface area contributed by atoms with Crippen molar-refractivity contribution < 1.29 is 5.11 Å². The molecule has 1 aromatic heterocycles. The molecule has 1 aromatic rings. The van der Waals surface area contributed by atoms with Crippen molar-refractivity contribution in [1.82, 2.24) is 9.97 Å². The molecule has 0 saturated carbocycles. The molecule has 0 radical (unpaired) electrons. The third kappa shape index (κ3) is 1.65. The summed E-state index contributed by atoms with van der Waals surface area (Å²) in [5.74, 6) is 0.541. The van der Waals surface area contributed by atoms with Crippen LogP contribution in [0.25, 0.3) is 0 Å². The van der Waals surface area contributed by atoms with Gasteiger partial charge in [0, 0.05) is 13.2 Å². The number of nitrogens with one attached hydrogen (secondary N) is 1. The van der Waals surface area contributed by atoms with E-state index in [0.717, 1.165) is 5.56 Å². The van der Waals surface area contributed by atoms with Crippen molar-refractivity contribution in [3.05, 3.63) is 17.5 Å². The number of aliphatic hydroxyl groups excluding tert-OH is 1. The molecule has 0 aliphatic carbocycles. The maximum absolute atomic E-state index is 8.82. The van der Waals surface area contributed by atoms with Crippen LogP contribution in [-0.4, -0.2) is 22.1 Å². The number of aliphatic hydroxyl groups is 1. The van der Waals surface area contributed by atoms with E-state index in [4.69, 9.17) is 5.11 Å². The summed E-state index contributed by atoms with van der Waals surface area (Å²) in [5.41, 5.74) is 1.58. The summed E-state index contributed by atoms with van der Waals surface area (Å²) < 4.78 is 0. The highest BCUT2D eigenvalue weighted by atomic mass is 16.3. The van der Waals surface area contributed by atoms with Crippen LogP contribution >= 0.6 is 0 Å². The number of aromatic nitrogens is 2. The van der Waals surface area contributed by atoms with Gasteiger partial charge in [-0.15, -0.1) is 0 Å². The molecule has 0 bridgehead atoms. The minimum atomic E-state index is -0.0387. The molecule has 0 aliphatic rings. The lowest BCUT2D eigenvalue weighted by Gasteiger charge is -2.02. The number of aryl methyl sites for hydroxylation is 1. The second-order valence-electron chi connectivity index (χ2n) is 2.23. The third-order valence-electron chi connectivity index (χ3n) is 1.45. The molecule has 0 saturated heterocycles. The molecular weight excluding hydrogens is 142 g/mol. The first-order valence-electron chi connectivity index (χ1n) is 3.39. The third-order valence-corrected chi connectivity index (χ3v) is 1.45. The first-order valence-corrected chi connectivity index (χ1v) is 3.39. The van der Waals surface area contributed by atoms with Crippen LogP contribution in [0.4, 0.5) is 5.95 Å². The molecule has 0 fully saturated rings. The second kappa shape index (κ2) is 3.30. The van der Waals surface area contributed by atoms with E-state index in [1.165, 1.54) is 0 Å². The van der Waals surface area contributed by atoms with Crippen LogP contribution in [0, 0.1) is 6.92 Å². The van der Waals surface area contributed by atoms with Crippen molar-refractivity contribution in [2.75, 3.05) is 12.4 Å². The summed E-state index contributed by atoms with van der Waals surface area (Å²) >= 11 is 0. The van der Waals surface area contributed by atoms with Gasteiger partial charge in [0.2, 0.25) is 5.95 Å². The highest BCUT2D eigenvalue weighted by Crippen LogP contribution is 2.05. The van der Waals surface area contributed by atoms with Crippen molar-refractivity contribution in [1.29, 1.82) is 0 Å². The molecule has 60 valence electrons. The van der Waals surface area contributed by atoms with E-state index in [9.17, 15) is 0 Å². The molecule has 0 aromatic carbocycles. The van der Waals surface area contributed by atoms with Gasteiger partial charge in [-0.1, -0.05) is 0 Å². The maximum atomic E-state index is 8.82. The van der Waals surface area contributed by atoms with Crippen LogP contribution in [0.15, 0.2) is 6.20 Å². The molecule has 0 spiro atoms. The average molecular weight is 153 g/mol. The zero-order valence-electron chi connectivity index (χ0n) is 6.63. The highest BCUT2D eigenvalue weighted by Gasteiger charge is 1.99. The average Bonchev–Trinajstić information content (AvgIpc) is 2.05. The molecule has 0 aliphatic heterocycles. The Morgan fingerprint density at radius 1 is 1.64 bits per heavy atom. The predicted molar refractivity (Wildman–Crippen MR) is 42.2 cm³/mol. The van der Waals surface area contributed by atoms with Crippen molar-refractivity contribution >= 4 is 5.95 Å². The Hall–Kier alpha value is -1.16. The van der Waals surface area contributed by atoms with Gasteiger partial charge in [-0.2, -0.15) is 0 Å². The van der Waals surface area contributed by atoms with Gasteiger partial charge >= 0.3 is 0 Å². The Kier molecular flexibility index (Phi) is 2.38. The zero-order valence-corrected chi connectivity index (χ0v) is 6.63. The van der Waals surface area contributed by atoms with Crippen molar-refractivity contribution in [3.8, 4) is 0 Å². The van der Waals surface area contributed by atoms with Crippen LogP contribution < -0.4 is 5.32 Å². The first-order chi connectivity index (χ1) is 5.27. The Morgan fingerprint density at radius 3 is 2.91 bits per heavy atom. The Bertz CT molecular complexity index is 249. The minimum Gasteiger partial charge on any atom is -0.390 e. The summed E-state index contributed by atoms with van der Waals surface area (Å²) in [4.78, 5) is 8.01. The van der Waals surface area contributed by atoms with Gasteiger partial charge < -0.3 is 10.4 Å². The van der Waals surface area contributed by atoms with Gasteiger partial charge in [0.05, 0.1) is 12.3 Å². The molecule has 11 heavy (non-hydrogen) atoms. The first kappa shape index (κ1) is 7.94. The van der Waals surface area contributed by atoms with Gasteiger partial charge in [-0.05, 0) is 12.5 Å². The monoisotopic (exact) mass is 153 g/mol. The normalized spacial score (nSPS) is 9.73. The summed E-state index contributed by atoms with van der Waals surface area (Å²) in [6.07, 6.45) is 1.68. The smallest absolute Gasteiger partial charge is 0.222 e. The second-order valence-corrected chi connectivity index (χ2v) is 2.23. The summed E-state index contributed by atoms with van der Waals surface area (Å²) in [6.45, 7) is 1.83. The molecule has 0 unspecified atom stereocenters. The number of hydrogen-bond acceptors (Lipinski definition) is 4. The quantitative estimate of drug-likeness (QED) is 0.642. The van der Waals surface area contributed by atoms with Crippen LogP contribution in [0.2, 0.25) is 0 Å². The van der Waals surface area contributed by atoms with E-state index in [-0.39, 0.29) is 6.61 Å². The SMILES string of the molecule is CNc1ncc(C)c(CO)n1. The molecule has 1 rings (SSSR count). The van der Waals surface area contributed by atoms with Gasteiger partial charge in [-0.3, -0.25) is 0 Å². The Morgan fingerprint density at radius 2 is 2.36 bits per heavy atom. The zero-order chi connectivity index (χ0) is 8.27. The summed E-state index contributed by atoms with van der Waals surface area (Å²) in [6, 6.07) is 0. The standard InChI is InChI=1S/C7H11N3O/c1-5-3-9-7(8-2)10-6(5)4-11/h3,11H,4H2,1-2H3,(H,8,9,10). The highest BCUT2D eigenvalue weighted by molar-refractivity contribution is 5.27. The van der Waals surface area contributed by atoms with Crippen molar-refractivity contribution in [3.63, 3.8) is 0 Å². The molecule has 4 nitrogen and oxygen atoms in total. The van der Waals surface area contributed by atoms with E-state index in [1.54, 1.807) is 13.2 Å². The Labute approximate surface area is 65.3 Å². The van der Waals surface area contributed by atoms with Crippen molar-refractivity contribution in [2.45, 2.75) is 13.5 Å². The minimum absolute atomic E-state index is 0.0387. The van der Waals surface area contributed by atoms with Gasteiger partial charge in [-0.25, -0.2) is 9.97 Å². The fraction of sp³-hybridized carbons (Fsp3) is 0.429. The van der Waals surface area contributed by atoms with E-state index in [1.807, 2.05) is 6.92 Å². The fourth-order valence-electron chi connectivity index (χ4n) is 0.758. The van der Waals surface area contributed by atoms with Gasteiger partial charge in [0.15, 0.2) is 0 Å². The van der Waals surface area contributed by atoms with E-state index >= 15 is 0 Å².